The minimum absolute atomic E-state index is 0.552. The van der Waals surface area contributed by atoms with Gasteiger partial charge in [0.25, 0.3) is 0 Å². The zero-order valence-electron chi connectivity index (χ0n) is 16.3. The summed E-state index contributed by atoms with van der Waals surface area (Å²) in [6.45, 7) is 4.84. The molecule has 0 amide bonds. The Labute approximate surface area is 161 Å². The molecule has 2 N–H and O–H groups in total. The lowest BCUT2D eigenvalue weighted by molar-refractivity contribution is 0.311. The number of guanidine groups is 1. The first kappa shape index (κ1) is 20.4. The summed E-state index contributed by atoms with van der Waals surface area (Å²) >= 11 is 0. The minimum atomic E-state index is 0.552. The summed E-state index contributed by atoms with van der Waals surface area (Å²) in [5, 5.41) is 6.59. The topological polar surface area (TPSA) is 64.1 Å². The molecule has 0 radical (unpaired) electrons. The molecule has 2 rings (SSSR count). The maximum atomic E-state index is 5.70. The molecule has 0 aliphatic carbocycles. The van der Waals surface area contributed by atoms with E-state index in [4.69, 9.17) is 14.2 Å². The van der Waals surface area contributed by atoms with Crippen LogP contribution in [-0.2, 0) is 6.54 Å². The van der Waals surface area contributed by atoms with Crippen molar-refractivity contribution in [1.29, 1.82) is 0 Å². The van der Waals surface area contributed by atoms with Crippen molar-refractivity contribution < 1.29 is 14.2 Å². The highest BCUT2D eigenvalue weighted by Gasteiger charge is 2.04. The van der Waals surface area contributed by atoms with E-state index in [1.165, 1.54) is 0 Å². The number of nitrogens with one attached hydrogen (secondary N) is 2. The second-order valence-corrected chi connectivity index (χ2v) is 5.83. The van der Waals surface area contributed by atoms with Gasteiger partial charge in [0, 0.05) is 13.1 Å². The van der Waals surface area contributed by atoms with E-state index in [2.05, 4.69) is 15.6 Å². The summed E-state index contributed by atoms with van der Waals surface area (Å²) < 4.78 is 16.3. The van der Waals surface area contributed by atoms with Gasteiger partial charge in [-0.15, -0.1) is 0 Å². The number of hydrogen-bond acceptors (Lipinski definition) is 4. The third kappa shape index (κ3) is 7.09. The Balaban J connectivity index is 1.81. The first-order valence-corrected chi connectivity index (χ1v) is 9.17. The van der Waals surface area contributed by atoms with E-state index in [0.29, 0.717) is 24.7 Å². The van der Waals surface area contributed by atoms with Crippen molar-refractivity contribution >= 4 is 5.96 Å². The second kappa shape index (κ2) is 11.7. The van der Waals surface area contributed by atoms with Crippen molar-refractivity contribution in [3.8, 4) is 17.2 Å². The van der Waals surface area contributed by atoms with Crippen LogP contribution in [0.3, 0.4) is 0 Å². The van der Waals surface area contributed by atoms with Crippen LogP contribution in [0, 0.1) is 0 Å². The van der Waals surface area contributed by atoms with Crippen molar-refractivity contribution in [2.45, 2.75) is 19.9 Å². The predicted octanol–water partition coefficient (Wildman–Crippen LogP) is 3.23. The SMILES string of the molecule is CCNC(=NCc1ccc(OC)c(OC)c1)NCCCOc1ccccc1. The van der Waals surface area contributed by atoms with Gasteiger partial charge in [-0.1, -0.05) is 24.3 Å². The lowest BCUT2D eigenvalue weighted by atomic mass is 10.2. The molecule has 0 spiro atoms. The van der Waals surface area contributed by atoms with Crippen LogP contribution in [-0.4, -0.2) is 39.9 Å². The van der Waals surface area contributed by atoms with Crippen LogP contribution in [0.2, 0.25) is 0 Å². The van der Waals surface area contributed by atoms with E-state index in [1.54, 1.807) is 14.2 Å². The van der Waals surface area contributed by atoms with Crippen LogP contribution >= 0.6 is 0 Å². The smallest absolute Gasteiger partial charge is 0.191 e. The number of aliphatic imine (C=N–C) groups is 1. The highest BCUT2D eigenvalue weighted by Crippen LogP contribution is 2.27. The predicted molar refractivity (Wildman–Crippen MR) is 109 cm³/mol. The number of benzene rings is 2. The molecule has 0 atom stereocenters. The first-order chi connectivity index (χ1) is 13.3. The van der Waals surface area contributed by atoms with Gasteiger partial charge in [0.2, 0.25) is 0 Å². The van der Waals surface area contributed by atoms with E-state index < -0.39 is 0 Å². The quantitative estimate of drug-likeness (QED) is 0.381. The molecule has 27 heavy (non-hydrogen) atoms. The third-order valence-corrected chi connectivity index (χ3v) is 3.84. The zero-order valence-corrected chi connectivity index (χ0v) is 16.3. The van der Waals surface area contributed by atoms with Crippen molar-refractivity contribution in [1.82, 2.24) is 10.6 Å². The maximum absolute atomic E-state index is 5.70. The van der Waals surface area contributed by atoms with Gasteiger partial charge < -0.3 is 24.8 Å². The van der Waals surface area contributed by atoms with E-state index >= 15 is 0 Å². The molecule has 6 heteroatoms. The molecule has 0 saturated carbocycles. The van der Waals surface area contributed by atoms with Gasteiger partial charge in [0.05, 0.1) is 27.4 Å². The molecule has 0 bridgehead atoms. The fourth-order valence-corrected chi connectivity index (χ4v) is 2.48. The zero-order chi connectivity index (χ0) is 19.3. The average Bonchev–Trinajstić information content (AvgIpc) is 2.72. The Kier molecular flexibility index (Phi) is 8.83. The molecule has 146 valence electrons. The Morgan fingerprint density at radius 2 is 1.74 bits per heavy atom. The van der Waals surface area contributed by atoms with E-state index in [1.807, 2.05) is 55.5 Å². The Morgan fingerprint density at radius 3 is 2.44 bits per heavy atom. The van der Waals surface area contributed by atoms with Gasteiger partial charge in [-0.3, -0.25) is 0 Å². The minimum Gasteiger partial charge on any atom is -0.494 e. The monoisotopic (exact) mass is 371 g/mol. The molecule has 0 aromatic heterocycles. The van der Waals surface area contributed by atoms with Crippen molar-refractivity contribution in [3.05, 3.63) is 54.1 Å². The Morgan fingerprint density at radius 1 is 0.963 bits per heavy atom. The number of ether oxygens (including phenoxy) is 3. The molecule has 0 unspecified atom stereocenters. The molecule has 0 saturated heterocycles. The normalized spacial score (nSPS) is 11.0. The summed E-state index contributed by atoms with van der Waals surface area (Å²) in [5.41, 5.74) is 1.05. The molecule has 2 aromatic rings. The molecular formula is C21H29N3O3. The summed E-state index contributed by atoms with van der Waals surface area (Å²) in [6.07, 6.45) is 0.885. The Bertz CT molecular complexity index is 705. The van der Waals surface area contributed by atoms with Crippen LogP contribution in [0.15, 0.2) is 53.5 Å². The third-order valence-electron chi connectivity index (χ3n) is 3.84. The van der Waals surface area contributed by atoms with Crippen LogP contribution < -0.4 is 24.8 Å². The Hall–Kier alpha value is -2.89. The molecule has 0 fully saturated rings. The highest BCUT2D eigenvalue weighted by molar-refractivity contribution is 5.79. The fourth-order valence-electron chi connectivity index (χ4n) is 2.48. The van der Waals surface area contributed by atoms with Crippen molar-refractivity contribution in [2.75, 3.05) is 33.9 Å². The van der Waals surface area contributed by atoms with Crippen LogP contribution in [0.5, 0.6) is 17.2 Å². The summed E-state index contributed by atoms with van der Waals surface area (Å²) in [4.78, 5) is 4.63. The van der Waals surface area contributed by atoms with Crippen molar-refractivity contribution in [2.24, 2.45) is 4.99 Å². The van der Waals surface area contributed by atoms with E-state index in [0.717, 1.165) is 36.8 Å². The number of para-hydroxylation sites is 1. The highest BCUT2D eigenvalue weighted by atomic mass is 16.5. The maximum Gasteiger partial charge on any atom is 0.191 e. The van der Waals surface area contributed by atoms with Gasteiger partial charge >= 0.3 is 0 Å². The summed E-state index contributed by atoms with van der Waals surface area (Å²) in [5.74, 6) is 3.11. The van der Waals surface area contributed by atoms with Gasteiger partial charge in [-0.05, 0) is 43.2 Å². The number of rotatable bonds is 10. The standard InChI is InChI=1S/C21H29N3O3/c1-4-22-21(23-13-8-14-27-18-9-6-5-7-10-18)24-16-17-11-12-19(25-2)20(15-17)26-3/h5-7,9-12,15H,4,8,13-14,16H2,1-3H3,(H2,22,23,24). The van der Waals surface area contributed by atoms with Gasteiger partial charge in [0.1, 0.15) is 5.75 Å². The fraction of sp³-hybridized carbons (Fsp3) is 0.381. The molecular weight excluding hydrogens is 342 g/mol. The molecule has 2 aromatic carbocycles. The average molecular weight is 371 g/mol. The lowest BCUT2D eigenvalue weighted by Gasteiger charge is -2.12. The summed E-state index contributed by atoms with van der Waals surface area (Å²) in [6, 6.07) is 15.7. The van der Waals surface area contributed by atoms with Crippen LogP contribution in [0.25, 0.3) is 0 Å². The van der Waals surface area contributed by atoms with E-state index in [9.17, 15) is 0 Å². The van der Waals surface area contributed by atoms with E-state index in [-0.39, 0.29) is 0 Å². The molecule has 0 heterocycles. The number of nitrogens with zero attached hydrogens (tertiary/aromatic N) is 1. The summed E-state index contributed by atoms with van der Waals surface area (Å²) in [7, 11) is 3.26. The van der Waals surface area contributed by atoms with Gasteiger partial charge in [-0.25, -0.2) is 4.99 Å². The molecule has 0 aliphatic rings. The second-order valence-electron chi connectivity index (χ2n) is 5.83. The number of hydrogen-bond donors (Lipinski definition) is 2. The van der Waals surface area contributed by atoms with Crippen LogP contribution in [0.4, 0.5) is 0 Å². The largest absolute Gasteiger partial charge is 0.494 e. The van der Waals surface area contributed by atoms with Crippen LogP contribution in [0.1, 0.15) is 18.9 Å². The lowest BCUT2D eigenvalue weighted by Crippen LogP contribution is -2.38. The molecule has 6 nitrogen and oxygen atoms in total. The van der Waals surface area contributed by atoms with Crippen molar-refractivity contribution in [3.63, 3.8) is 0 Å². The molecule has 0 aliphatic heterocycles. The number of methoxy groups -OCH3 is 2. The van der Waals surface area contributed by atoms with Gasteiger partial charge in [-0.2, -0.15) is 0 Å². The first-order valence-electron chi connectivity index (χ1n) is 9.17. The van der Waals surface area contributed by atoms with Gasteiger partial charge in [0.15, 0.2) is 17.5 Å².